The first-order valence-electron chi connectivity index (χ1n) is 10.1. The van der Waals surface area contributed by atoms with Crippen LogP contribution < -0.4 is 9.47 Å². The number of ether oxygens (including phenoxy) is 2. The Bertz CT molecular complexity index is 1140. The van der Waals surface area contributed by atoms with Crippen LogP contribution in [-0.2, 0) is 4.79 Å². The fourth-order valence-electron chi connectivity index (χ4n) is 3.56. The van der Waals surface area contributed by atoms with E-state index in [0.29, 0.717) is 24.0 Å². The number of methoxy groups -OCH3 is 1. The largest absolute Gasteiger partial charge is 0.497 e. The van der Waals surface area contributed by atoms with Crippen LogP contribution in [-0.4, -0.2) is 36.6 Å². The fraction of sp³-hybridized carbons (Fsp3) is 0.160. The Morgan fingerprint density at radius 1 is 1.09 bits per heavy atom. The molecule has 0 aliphatic carbocycles. The molecule has 3 aromatic carbocycles. The molecule has 32 heavy (non-hydrogen) atoms. The highest BCUT2D eigenvalue weighted by Gasteiger charge is 2.33. The minimum atomic E-state index is -0.293. The molecule has 1 aliphatic rings. The average Bonchev–Trinajstić information content (AvgIpc) is 3.29. The smallest absolute Gasteiger partial charge is 0.281 e. The molecule has 1 amide bonds. The molecule has 1 atom stereocenters. The topological polar surface area (TPSA) is 68.2 Å². The Morgan fingerprint density at radius 2 is 1.81 bits per heavy atom. The van der Waals surface area contributed by atoms with Gasteiger partial charge in [0.25, 0.3) is 5.91 Å². The molecule has 0 radical (unpaired) electrons. The number of hydrogen-bond donors (Lipinski definition) is 0. The van der Waals surface area contributed by atoms with Crippen molar-refractivity contribution in [1.29, 1.82) is 0 Å². The van der Waals surface area contributed by atoms with Crippen molar-refractivity contribution in [2.24, 2.45) is 5.10 Å². The van der Waals surface area contributed by atoms with E-state index in [0.717, 1.165) is 27.1 Å². The van der Waals surface area contributed by atoms with Crippen molar-refractivity contribution in [3.63, 3.8) is 0 Å². The minimum Gasteiger partial charge on any atom is -0.497 e. The Balaban J connectivity index is 1.59. The van der Waals surface area contributed by atoms with Gasteiger partial charge in [0.15, 0.2) is 12.9 Å². The van der Waals surface area contributed by atoms with Crippen LogP contribution in [0.3, 0.4) is 0 Å². The van der Waals surface area contributed by atoms with Crippen LogP contribution in [0.25, 0.3) is 0 Å². The zero-order valence-corrected chi connectivity index (χ0v) is 19.0. The summed E-state index contributed by atoms with van der Waals surface area (Å²) in [7, 11) is 1.61. The van der Waals surface area contributed by atoms with Gasteiger partial charge in [0.1, 0.15) is 11.5 Å². The predicted molar refractivity (Wildman–Crippen MR) is 125 cm³/mol. The molecule has 1 heterocycles. The molecule has 3 aromatic rings. The third-order valence-corrected chi connectivity index (χ3v) is 5.77. The number of hydrogen-bond acceptors (Lipinski definition) is 5. The lowest BCUT2D eigenvalue weighted by Crippen LogP contribution is -2.31. The van der Waals surface area contributed by atoms with Gasteiger partial charge in [0.2, 0.25) is 0 Å². The zero-order valence-electron chi connectivity index (χ0n) is 17.4. The molecule has 6 nitrogen and oxygen atoms in total. The molecule has 1 aliphatic heterocycles. The lowest BCUT2D eigenvalue weighted by molar-refractivity contribution is -0.135. The standard InChI is InChI=1S/C25H21BrN2O4/c1-31-21-12-8-18(9-13-21)23-14-22(17-6-10-20(26)11-7-17)27-28(23)25(30)16-32-24-5-3-2-4-19(24)15-29/h2-13,15,23H,14,16H2,1H3. The quantitative estimate of drug-likeness (QED) is 0.434. The van der Waals surface area contributed by atoms with E-state index in [1.165, 1.54) is 5.01 Å². The van der Waals surface area contributed by atoms with Gasteiger partial charge >= 0.3 is 0 Å². The molecule has 162 valence electrons. The summed E-state index contributed by atoms with van der Waals surface area (Å²) in [6.07, 6.45) is 1.28. The van der Waals surface area contributed by atoms with E-state index >= 15 is 0 Å². The summed E-state index contributed by atoms with van der Waals surface area (Å²) in [5, 5.41) is 6.12. The van der Waals surface area contributed by atoms with E-state index in [1.807, 2.05) is 48.5 Å². The molecule has 0 saturated carbocycles. The highest BCUT2D eigenvalue weighted by Crippen LogP contribution is 2.34. The molecule has 0 aromatic heterocycles. The van der Waals surface area contributed by atoms with Gasteiger partial charge in [-0.3, -0.25) is 9.59 Å². The summed E-state index contributed by atoms with van der Waals surface area (Å²) in [5.74, 6) is 0.819. The van der Waals surface area contributed by atoms with Gasteiger partial charge in [-0.05, 0) is 47.5 Å². The first-order valence-corrected chi connectivity index (χ1v) is 10.8. The van der Waals surface area contributed by atoms with Crippen LogP contribution in [0.2, 0.25) is 0 Å². The molecule has 7 heteroatoms. The summed E-state index contributed by atoms with van der Waals surface area (Å²) >= 11 is 3.45. The predicted octanol–water partition coefficient (Wildman–Crippen LogP) is 5.03. The van der Waals surface area contributed by atoms with Crippen LogP contribution in [0.15, 0.2) is 82.4 Å². The molecule has 0 bridgehead atoms. The Labute approximate surface area is 194 Å². The van der Waals surface area contributed by atoms with E-state index in [2.05, 4.69) is 21.0 Å². The van der Waals surface area contributed by atoms with Crippen LogP contribution >= 0.6 is 15.9 Å². The van der Waals surface area contributed by atoms with Gasteiger partial charge in [-0.1, -0.05) is 52.3 Å². The molecule has 1 unspecified atom stereocenters. The normalized spacial score (nSPS) is 15.2. The lowest BCUT2D eigenvalue weighted by Gasteiger charge is -2.22. The Morgan fingerprint density at radius 3 is 2.50 bits per heavy atom. The van der Waals surface area contributed by atoms with E-state index in [-0.39, 0.29) is 18.6 Å². The van der Waals surface area contributed by atoms with E-state index in [9.17, 15) is 9.59 Å². The monoisotopic (exact) mass is 492 g/mol. The van der Waals surface area contributed by atoms with Crippen molar-refractivity contribution < 1.29 is 19.1 Å². The minimum absolute atomic E-state index is 0.228. The van der Waals surface area contributed by atoms with Gasteiger partial charge in [-0.2, -0.15) is 5.10 Å². The third kappa shape index (κ3) is 4.73. The molecule has 0 spiro atoms. The van der Waals surface area contributed by atoms with Crippen LogP contribution in [0.4, 0.5) is 0 Å². The molecule has 0 N–H and O–H groups in total. The molecular formula is C25H21BrN2O4. The van der Waals surface area contributed by atoms with E-state index in [4.69, 9.17) is 9.47 Å². The maximum atomic E-state index is 13.1. The highest BCUT2D eigenvalue weighted by molar-refractivity contribution is 9.10. The van der Waals surface area contributed by atoms with Gasteiger partial charge in [-0.25, -0.2) is 5.01 Å². The van der Waals surface area contributed by atoms with E-state index < -0.39 is 0 Å². The molecule has 4 rings (SSSR count). The second kappa shape index (κ2) is 9.78. The fourth-order valence-corrected chi connectivity index (χ4v) is 3.82. The van der Waals surface area contributed by atoms with Gasteiger partial charge < -0.3 is 9.47 Å². The number of nitrogens with zero attached hydrogens (tertiary/aromatic N) is 2. The second-order valence-electron chi connectivity index (χ2n) is 7.23. The van der Waals surface area contributed by atoms with E-state index in [1.54, 1.807) is 31.4 Å². The lowest BCUT2D eigenvalue weighted by atomic mass is 9.98. The number of para-hydroxylation sites is 1. The van der Waals surface area contributed by atoms with Crippen molar-refractivity contribution in [3.8, 4) is 11.5 Å². The summed E-state index contributed by atoms with van der Waals surface area (Å²) in [6, 6.07) is 22.0. The number of halogens is 1. The maximum Gasteiger partial charge on any atom is 0.281 e. The van der Waals surface area contributed by atoms with Crippen molar-refractivity contribution in [1.82, 2.24) is 5.01 Å². The highest BCUT2D eigenvalue weighted by atomic mass is 79.9. The van der Waals surface area contributed by atoms with Crippen molar-refractivity contribution in [3.05, 3.63) is 94.0 Å². The number of carbonyl (C=O) groups is 2. The van der Waals surface area contributed by atoms with Gasteiger partial charge in [0, 0.05) is 10.9 Å². The first kappa shape index (κ1) is 21.8. The molecule has 0 saturated heterocycles. The molecular weight excluding hydrogens is 472 g/mol. The van der Waals surface area contributed by atoms with Gasteiger partial charge in [0.05, 0.1) is 24.4 Å². The number of hydrazone groups is 1. The van der Waals surface area contributed by atoms with Crippen molar-refractivity contribution in [2.45, 2.75) is 12.5 Å². The number of benzene rings is 3. The number of aldehydes is 1. The number of amides is 1. The average molecular weight is 493 g/mol. The van der Waals surface area contributed by atoms with Gasteiger partial charge in [-0.15, -0.1) is 0 Å². The van der Waals surface area contributed by atoms with Crippen molar-refractivity contribution in [2.75, 3.05) is 13.7 Å². The molecule has 0 fully saturated rings. The number of rotatable bonds is 7. The Kier molecular flexibility index (Phi) is 6.66. The summed E-state index contributed by atoms with van der Waals surface area (Å²) in [5.41, 5.74) is 3.12. The second-order valence-corrected chi connectivity index (χ2v) is 8.15. The van der Waals surface area contributed by atoms with Crippen LogP contribution in [0.5, 0.6) is 11.5 Å². The Hall–Kier alpha value is -3.45. The summed E-state index contributed by atoms with van der Waals surface area (Å²) in [6.45, 7) is -0.228. The summed E-state index contributed by atoms with van der Waals surface area (Å²) in [4.78, 5) is 24.4. The third-order valence-electron chi connectivity index (χ3n) is 5.24. The van der Waals surface area contributed by atoms with Crippen LogP contribution in [0, 0.1) is 0 Å². The SMILES string of the molecule is COc1ccc(C2CC(c3ccc(Br)cc3)=NN2C(=O)COc2ccccc2C=O)cc1. The maximum absolute atomic E-state index is 13.1. The summed E-state index contributed by atoms with van der Waals surface area (Å²) < 4.78 is 11.9. The zero-order chi connectivity index (χ0) is 22.5. The van der Waals surface area contributed by atoms with Crippen LogP contribution in [0.1, 0.15) is 33.9 Å². The number of carbonyl (C=O) groups excluding carboxylic acids is 2. The van der Waals surface area contributed by atoms with Crippen molar-refractivity contribution >= 4 is 33.8 Å². The first-order chi connectivity index (χ1) is 15.6.